The first-order valence-corrected chi connectivity index (χ1v) is 11.1. The van der Waals surface area contributed by atoms with Gasteiger partial charge in [0.05, 0.1) is 11.6 Å². The number of aliphatic carboxylic acids is 1. The highest BCUT2D eigenvalue weighted by Gasteiger charge is 2.53. The van der Waals surface area contributed by atoms with Gasteiger partial charge in [-0.05, 0) is 60.0 Å². The Labute approximate surface area is 192 Å². The molecular weight excluding hydrogens is 461 g/mol. The van der Waals surface area contributed by atoms with E-state index in [9.17, 15) is 23.1 Å². The second-order valence-electron chi connectivity index (χ2n) is 8.22. The van der Waals surface area contributed by atoms with Gasteiger partial charge in [-0.2, -0.15) is 13.2 Å². The first-order chi connectivity index (χ1) is 14.9. The summed E-state index contributed by atoms with van der Waals surface area (Å²) >= 11 is 7.14. The van der Waals surface area contributed by atoms with Crippen molar-refractivity contribution in [2.45, 2.75) is 38.5 Å². The lowest BCUT2D eigenvalue weighted by Crippen LogP contribution is -2.36. The van der Waals surface area contributed by atoms with Crippen molar-refractivity contribution in [3.05, 3.63) is 80.8 Å². The number of hydrogen-bond donors (Lipinski definition) is 1. The lowest BCUT2D eigenvalue weighted by molar-refractivity contribution is -0.137. The van der Waals surface area contributed by atoms with Crippen LogP contribution in [-0.2, 0) is 16.5 Å². The van der Waals surface area contributed by atoms with Crippen molar-refractivity contribution in [2.24, 2.45) is 10.9 Å². The second-order valence-corrected chi connectivity index (χ2v) is 9.63. The number of thioether (sulfide) groups is 1. The molecule has 2 aliphatic rings. The summed E-state index contributed by atoms with van der Waals surface area (Å²) in [5.74, 6) is -1.18. The van der Waals surface area contributed by atoms with Crippen LogP contribution in [0.2, 0.25) is 5.02 Å². The molecule has 0 bridgehead atoms. The number of halogens is 4. The minimum atomic E-state index is -4.45. The van der Waals surface area contributed by atoms with Gasteiger partial charge in [0.1, 0.15) is 10.4 Å². The number of amidine groups is 1. The Morgan fingerprint density at radius 2 is 1.75 bits per heavy atom. The third kappa shape index (κ3) is 3.69. The Balaban J connectivity index is 1.90. The molecular formula is C23H20ClF3N2O2S. The van der Waals surface area contributed by atoms with Crippen LogP contribution in [-0.4, -0.2) is 21.1 Å². The highest BCUT2D eigenvalue weighted by Crippen LogP contribution is 2.56. The summed E-state index contributed by atoms with van der Waals surface area (Å²) in [6.07, 6.45) is -4.45. The van der Waals surface area contributed by atoms with Crippen LogP contribution >= 0.6 is 23.4 Å². The number of carboxylic acid groups (broad SMARTS) is 1. The van der Waals surface area contributed by atoms with E-state index in [4.69, 9.17) is 16.6 Å². The first kappa shape index (κ1) is 22.7. The van der Waals surface area contributed by atoms with E-state index in [0.717, 1.165) is 29.5 Å². The maximum Gasteiger partial charge on any atom is 0.416 e. The summed E-state index contributed by atoms with van der Waals surface area (Å²) in [7, 11) is 0. The minimum absolute atomic E-state index is 0.134. The maximum atomic E-state index is 13.2. The Kier molecular flexibility index (Phi) is 5.57. The van der Waals surface area contributed by atoms with Crippen LogP contribution in [0.3, 0.4) is 0 Å². The Morgan fingerprint density at radius 3 is 2.25 bits per heavy atom. The van der Waals surface area contributed by atoms with Gasteiger partial charge in [0.25, 0.3) is 0 Å². The molecule has 1 N–H and O–H groups in total. The summed E-state index contributed by atoms with van der Waals surface area (Å²) in [6, 6.07) is 11.6. The fraction of sp³-hybridized carbons (Fsp3) is 0.304. The number of nitrogens with zero attached hydrogens (tertiary/aromatic N) is 2. The highest BCUT2D eigenvalue weighted by atomic mass is 35.5. The van der Waals surface area contributed by atoms with Crippen LogP contribution in [0.5, 0.6) is 0 Å². The van der Waals surface area contributed by atoms with Gasteiger partial charge < -0.3 is 10.0 Å². The Morgan fingerprint density at radius 1 is 1.16 bits per heavy atom. The number of allylic oxidation sites excluding steroid dienone is 1. The van der Waals surface area contributed by atoms with Crippen molar-refractivity contribution >= 4 is 34.5 Å². The molecule has 0 spiro atoms. The van der Waals surface area contributed by atoms with Gasteiger partial charge in [-0.1, -0.05) is 49.7 Å². The van der Waals surface area contributed by atoms with E-state index in [1.807, 2.05) is 37.8 Å². The molecule has 2 atom stereocenters. The molecule has 168 valence electrons. The predicted octanol–water partition coefficient (Wildman–Crippen LogP) is 6.69. The van der Waals surface area contributed by atoms with Crippen molar-refractivity contribution in [2.75, 3.05) is 0 Å². The number of aliphatic imine (C=N–C) groups is 1. The summed E-state index contributed by atoms with van der Waals surface area (Å²) in [5.41, 5.74) is 0.435. The zero-order chi connectivity index (χ0) is 23.4. The van der Waals surface area contributed by atoms with Crippen molar-refractivity contribution in [1.82, 2.24) is 4.90 Å². The SMILES string of the molecule is CC(C)C1=C(C(=O)O)SC2=N[C@@](C)(c3ccc(Cl)cc3)[C@@H](c3ccc(C(F)(F)F)cc3)N21. The van der Waals surface area contributed by atoms with E-state index < -0.39 is 29.3 Å². The molecule has 0 saturated heterocycles. The molecule has 2 aliphatic heterocycles. The fourth-order valence-electron chi connectivity index (χ4n) is 4.27. The predicted molar refractivity (Wildman–Crippen MR) is 119 cm³/mol. The Hall–Kier alpha value is -2.45. The minimum Gasteiger partial charge on any atom is -0.477 e. The van der Waals surface area contributed by atoms with Crippen LogP contribution in [0.4, 0.5) is 13.2 Å². The van der Waals surface area contributed by atoms with E-state index in [0.29, 0.717) is 21.5 Å². The average molecular weight is 481 g/mol. The summed E-state index contributed by atoms with van der Waals surface area (Å²) in [6.45, 7) is 5.69. The second kappa shape index (κ2) is 7.85. The normalized spacial score (nSPS) is 23.1. The number of carbonyl (C=O) groups is 1. The van der Waals surface area contributed by atoms with E-state index >= 15 is 0 Å². The Bertz CT molecular complexity index is 1130. The molecule has 0 unspecified atom stereocenters. The van der Waals surface area contributed by atoms with E-state index in [1.165, 1.54) is 12.1 Å². The number of benzene rings is 2. The molecule has 0 aromatic heterocycles. The zero-order valence-electron chi connectivity index (χ0n) is 17.4. The summed E-state index contributed by atoms with van der Waals surface area (Å²) in [4.78, 5) is 18.9. The number of alkyl halides is 3. The standard InChI is InChI=1S/C23H20ClF3N2O2S/c1-12(2)17-18(20(30)31)32-21-28-22(3,14-8-10-16(24)11-9-14)19(29(17)21)13-4-6-15(7-5-13)23(25,26)27/h4-12,19H,1-3H3,(H,30,31)/t19-,22+/m1/s1. The molecule has 0 radical (unpaired) electrons. The van der Waals surface area contributed by atoms with E-state index in [1.54, 1.807) is 12.1 Å². The van der Waals surface area contributed by atoms with Gasteiger partial charge >= 0.3 is 12.1 Å². The molecule has 0 aliphatic carbocycles. The lowest BCUT2D eigenvalue weighted by atomic mass is 9.81. The molecule has 0 saturated carbocycles. The molecule has 0 amide bonds. The van der Waals surface area contributed by atoms with Gasteiger partial charge in [-0.15, -0.1) is 0 Å². The van der Waals surface area contributed by atoms with E-state index in [-0.39, 0.29) is 10.8 Å². The maximum absolute atomic E-state index is 13.2. The number of rotatable bonds is 4. The molecule has 2 heterocycles. The molecule has 0 fully saturated rings. The zero-order valence-corrected chi connectivity index (χ0v) is 19.0. The summed E-state index contributed by atoms with van der Waals surface area (Å²) < 4.78 is 39.5. The van der Waals surface area contributed by atoms with Gasteiger partial charge in [0.2, 0.25) is 0 Å². The average Bonchev–Trinajstić information content (AvgIpc) is 3.20. The molecule has 9 heteroatoms. The third-order valence-corrected chi connectivity index (χ3v) is 7.04. The van der Waals surface area contributed by atoms with Crippen molar-refractivity contribution in [1.29, 1.82) is 0 Å². The highest BCUT2D eigenvalue weighted by molar-refractivity contribution is 8.18. The van der Waals surface area contributed by atoms with Gasteiger partial charge in [-0.25, -0.2) is 9.79 Å². The largest absolute Gasteiger partial charge is 0.477 e. The number of hydrogen-bond acceptors (Lipinski definition) is 4. The first-order valence-electron chi connectivity index (χ1n) is 9.91. The van der Waals surface area contributed by atoms with Crippen molar-refractivity contribution in [3.63, 3.8) is 0 Å². The van der Waals surface area contributed by atoms with Crippen molar-refractivity contribution in [3.8, 4) is 0 Å². The van der Waals surface area contributed by atoms with Gasteiger partial charge in [0.15, 0.2) is 5.17 Å². The fourth-order valence-corrected chi connectivity index (χ4v) is 5.65. The third-order valence-electron chi connectivity index (χ3n) is 5.73. The number of fused-ring (bicyclic) bond motifs is 1. The molecule has 2 aromatic carbocycles. The van der Waals surface area contributed by atoms with E-state index in [2.05, 4.69) is 0 Å². The summed E-state index contributed by atoms with van der Waals surface area (Å²) in [5, 5.41) is 10.8. The number of carboxylic acids is 1. The molecule has 4 rings (SSSR count). The quantitative estimate of drug-likeness (QED) is 0.530. The van der Waals surface area contributed by atoms with Gasteiger partial charge in [-0.3, -0.25) is 0 Å². The molecule has 32 heavy (non-hydrogen) atoms. The topological polar surface area (TPSA) is 52.9 Å². The lowest BCUT2D eigenvalue weighted by Gasteiger charge is -2.37. The van der Waals surface area contributed by atoms with Crippen LogP contribution < -0.4 is 0 Å². The van der Waals surface area contributed by atoms with Crippen LogP contribution in [0.1, 0.15) is 43.5 Å². The van der Waals surface area contributed by atoms with Crippen LogP contribution in [0.25, 0.3) is 0 Å². The van der Waals surface area contributed by atoms with Crippen LogP contribution in [0.15, 0.2) is 64.1 Å². The van der Waals surface area contributed by atoms with Gasteiger partial charge in [0, 0.05) is 10.7 Å². The van der Waals surface area contributed by atoms with Crippen LogP contribution in [0, 0.1) is 5.92 Å². The monoisotopic (exact) mass is 480 g/mol. The smallest absolute Gasteiger partial charge is 0.416 e. The molecule has 4 nitrogen and oxygen atoms in total. The van der Waals surface area contributed by atoms with Crippen molar-refractivity contribution < 1.29 is 23.1 Å². The molecule has 2 aromatic rings.